The predicted molar refractivity (Wildman–Crippen MR) is 79.2 cm³/mol. The highest BCUT2D eigenvalue weighted by Crippen LogP contribution is 2.18. The van der Waals surface area contributed by atoms with Crippen LogP contribution in [-0.4, -0.2) is 30.4 Å². The molecule has 0 atom stereocenters. The van der Waals surface area contributed by atoms with E-state index in [2.05, 4.69) is 11.8 Å². The van der Waals surface area contributed by atoms with Crippen molar-refractivity contribution in [3.05, 3.63) is 34.3 Å². The Morgan fingerprint density at radius 3 is 2.80 bits per heavy atom. The Labute approximate surface area is 124 Å². The fourth-order valence-corrected chi connectivity index (χ4v) is 1.89. The van der Waals surface area contributed by atoms with Crippen molar-refractivity contribution in [3.63, 3.8) is 0 Å². The maximum Gasteiger partial charge on any atom is 0.253 e. The van der Waals surface area contributed by atoms with E-state index in [0.29, 0.717) is 35.7 Å². The number of nitriles is 1. The van der Waals surface area contributed by atoms with E-state index in [1.807, 2.05) is 13.0 Å². The van der Waals surface area contributed by atoms with Crippen LogP contribution >= 0.6 is 11.6 Å². The summed E-state index contributed by atoms with van der Waals surface area (Å²) in [6.45, 7) is 3.10. The van der Waals surface area contributed by atoms with Crippen LogP contribution in [0.25, 0.3) is 0 Å². The van der Waals surface area contributed by atoms with Gasteiger partial charge in [0.25, 0.3) is 5.91 Å². The highest BCUT2D eigenvalue weighted by atomic mass is 35.5. The number of benzene rings is 1. The van der Waals surface area contributed by atoms with Gasteiger partial charge in [0.15, 0.2) is 0 Å². The summed E-state index contributed by atoms with van der Waals surface area (Å²) in [4.78, 5) is 13.9. The molecule has 0 heterocycles. The predicted octanol–water partition coefficient (Wildman–Crippen LogP) is 2.03. The second-order valence-electron chi connectivity index (χ2n) is 3.99. The van der Waals surface area contributed by atoms with Crippen molar-refractivity contribution in [1.29, 1.82) is 5.26 Å². The maximum atomic E-state index is 12.3. The van der Waals surface area contributed by atoms with Crippen molar-refractivity contribution >= 4 is 17.5 Å². The van der Waals surface area contributed by atoms with Gasteiger partial charge in [-0.1, -0.05) is 23.4 Å². The molecular weight excluding hydrogens is 274 g/mol. The number of carbonyl (C=O) groups excluding carboxylic acids is 1. The van der Waals surface area contributed by atoms with Gasteiger partial charge in [0, 0.05) is 24.2 Å². The Morgan fingerprint density at radius 2 is 2.25 bits per heavy atom. The van der Waals surface area contributed by atoms with Gasteiger partial charge in [-0.25, -0.2) is 0 Å². The van der Waals surface area contributed by atoms with E-state index in [9.17, 15) is 4.79 Å². The molecule has 0 saturated heterocycles. The Bertz CT molecular complexity index is 581. The van der Waals surface area contributed by atoms with Gasteiger partial charge >= 0.3 is 0 Å². The van der Waals surface area contributed by atoms with Gasteiger partial charge in [-0.05, 0) is 25.1 Å². The van der Waals surface area contributed by atoms with E-state index >= 15 is 0 Å². The van der Waals surface area contributed by atoms with Crippen molar-refractivity contribution in [2.24, 2.45) is 5.73 Å². The number of nitrogens with two attached hydrogens (primary N) is 1. The Morgan fingerprint density at radius 1 is 1.50 bits per heavy atom. The molecule has 0 aromatic heterocycles. The molecule has 0 aliphatic heterocycles. The van der Waals surface area contributed by atoms with Gasteiger partial charge in [0.2, 0.25) is 0 Å². The molecule has 5 heteroatoms. The summed E-state index contributed by atoms with van der Waals surface area (Å²) in [7, 11) is 0. The third-order valence-corrected chi connectivity index (χ3v) is 3.02. The summed E-state index contributed by atoms with van der Waals surface area (Å²) in [6.07, 6.45) is 0.313. The molecule has 0 fully saturated rings. The van der Waals surface area contributed by atoms with Crippen LogP contribution in [0.2, 0.25) is 5.02 Å². The van der Waals surface area contributed by atoms with Crippen molar-refractivity contribution in [3.8, 4) is 17.9 Å². The zero-order chi connectivity index (χ0) is 15.0. The Kier molecular flexibility index (Phi) is 6.59. The average Bonchev–Trinajstić information content (AvgIpc) is 2.46. The molecule has 0 bridgehead atoms. The highest BCUT2D eigenvalue weighted by molar-refractivity contribution is 6.32. The lowest BCUT2D eigenvalue weighted by Gasteiger charge is -2.19. The molecule has 0 unspecified atom stereocenters. The van der Waals surface area contributed by atoms with Crippen molar-refractivity contribution in [1.82, 2.24) is 4.90 Å². The van der Waals surface area contributed by atoms with E-state index in [4.69, 9.17) is 22.6 Å². The second kappa shape index (κ2) is 8.22. The van der Waals surface area contributed by atoms with E-state index in [1.54, 1.807) is 23.1 Å². The van der Waals surface area contributed by atoms with Gasteiger partial charge in [0.05, 0.1) is 24.1 Å². The van der Waals surface area contributed by atoms with Crippen LogP contribution in [0, 0.1) is 23.2 Å². The van der Waals surface area contributed by atoms with Crippen LogP contribution in [0.4, 0.5) is 0 Å². The zero-order valence-corrected chi connectivity index (χ0v) is 12.1. The lowest BCUT2D eigenvalue weighted by atomic mass is 10.1. The summed E-state index contributed by atoms with van der Waals surface area (Å²) >= 11 is 6.10. The van der Waals surface area contributed by atoms with E-state index in [0.717, 1.165) is 0 Å². The minimum absolute atomic E-state index is 0.136. The van der Waals surface area contributed by atoms with Gasteiger partial charge in [-0.15, -0.1) is 0 Å². The highest BCUT2D eigenvalue weighted by Gasteiger charge is 2.14. The molecule has 1 aromatic rings. The van der Waals surface area contributed by atoms with Gasteiger partial charge < -0.3 is 10.6 Å². The first-order valence-electron chi connectivity index (χ1n) is 6.28. The van der Waals surface area contributed by atoms with Gasteiger partial charge in [-0.2, -0.15) is 5.26 Å². The van der Waals surface area contributed by atoms with Crippen molar-refractivity contribution < 1.29 is 4.79 Å². The number of carbonyl (C=O) groups is 1. The summed E-state index contributed by atoms with van der Waals surface area (Å²) in [5.74, 6) is 5.42. The summed E-state index contributed by atoms with van der Waals surface area (Å²) < 4.78 is 0. The Hall–Kier alpha value is -2.01. The van der Waals surface area contributed by atoms with Crippen LogP contribution in [0.3, 0.4) is 0 Å². The molecule has 1 rings (SSSR count). The fraction of sp³-hybridized carbons (Fsp3) is 0.333. The molecule has 4 nitrogen and oxygen atoms in total. The average molecular weight is 290 g/mol. The van der Waals surface area contributed by atoms with Crippen LogP contribution in [-0.2, 0) is 0 Å². The lowest BCUT2D eigenvalue weighted by Crippen LogP contribution is -2.31. The molecule has 0 radical (unpaired) electrons. The van der Waals surface area contributed by atoms with Gasteiger partial charge in [-0.3, -0.25) is 4.79 Å². The summed E-state index contributed by atoms with van der Waals surface area (Å²) in [5.41, 5.74) is 6.45. The number of amides is 1. The van der Waals surface area contributed by atoms with Crippen LogP contribution in [0.1, 0.15) is 29.3 Å². The van der Waals surface area contributed by atoms with E-state index < -0.39 is 0 Å². The largest absolute Gasteiger partial charge is 0.338 e. The molecule has 1 aromatic carbocycles. The molecule has 0 saturated carbocycles. The summed E-state index contributed by atoms with van der Waals surface area (Å²) in [6, 6.07) is 7.02. The van der Waals surface area contributed by atoms with Crippen LogP contribution in [0.15, 0.2) is 18.2 Å². The lowest BCUT2D eigenvalue weighted by molar-refractivity contribution is 0.0768. The maximum absolute atomic E-state index is 12.3. The monoisotopic (exact) mass is 289 g/mol. The quantitative estimate of drug-likeness (QED) is 0.862. The standard InChI is InChI=1S/C15H16ClN3O/c1-2-19(10-4-9-18)15(20)13-7-6-12(5-3-8-17)14(16)11-13/h6-7,11H,2,4,8,10,17H2,1H3. The SMILES string of the molecule is CCN(CCC#N)C(=O)c1ccc(C#CCN)c(Cl)c1. The second-order valence-corrected chi connectivity index (χ2v) is 4.40. The normalized spacial score (nSPS) is 9.30. The number of nitrogens with zero attached hydrogens (tertiary/aromatic N) is 2. The number of hydrogen-bond donors (Lipinski definition) is 1. The van der Waals surface area contributed by atoms with Crippen LogP contribution < -0.4 is 5.73 Å². The number of rotatable bonds is 4. The molecule has 2 N–H and O–H groups in total. The smallest absolute Gasteiger partial charge is 0.253 e. The first-order valence-corrected chi connectivity index (χ1v) is 6.66. The minimum Gasteiger partial charge on any atom is -0.338 e. The third-order valence-electron chi connectivity index (χ3n) is 2.70. The first-order chi connectivity index (χ1) is 9.63. The third kappa shape index (κ3) is 4.28. The van der Waals surface area contributed by atoms with E-state index in [1.165, 1.54) is 0 Å². The molecule has 0 aliphatic carbocycles. The van der Waals surface area contributed by atoms with E-state index in [-0.39, 0.29) is 12.5 Å². The molecule has 0 aliphatic rings. The molecule has 20 heavy (non-hydrogen) atoms. The van der Waals surface area contributed by atoms with Crippen molar-refractivity contribution in [2.75, 3.05) is 19.6 Å². The first kappa shape index (κ1) is 16.0. The molecular formula is C15H16ClN3O. The number of hydrogen-bond acceptors (Lipinski definition) is 3. The molecule has 0 spiro atoms. The minimum atomic E-state index is -0.136. The van der Waals surface area contributed by atoms with Crippen LogP contribution in [0.5, 0.6) is 0 Å². The Balaban J connectivity index is 2.94. The molecule has 1 amide bonds. The van der Waals surface area contributed by atoms with Gasteiger partial charge in [0.1, 0.15) is 0 Å². The van der Waals surface area contributed by atoms with Crippen molar-refractivity contribution in [2.45, 2.75) is 13.3 Å². The number of halogens is 1. The topological polar surface area (TPSA) is 70.1 Å². The molecule has 104 valence electrons. The summed E-state index contributed by atoms with van der Waals surface area (Å²) in [5, 5.41) is 9.02. The zero-order valence-electron chi connectivity index (χ0n) is 11.3. The fourth-order valence-electron chi connectivity index (χ4n) is 1.67.